The Morgan fingerprint density at radius 3 is 2.78 bits per heavy atom. The van der Waals surface area contributed by atoms with Gasteiger partial charge in [0.1, 0.15) is 17.6 Å². The molecule has 0 heterocycles. The summed E-state index contributed by atoms with van der Waals surface area (Å²) in [5.74, 6) is 0.574. The van der Waals surface area contributed by atoms with Crippen molar-refractivity contribution in [3.63, 3.8) is 0 Å². The maximum absolute atomic E-state index is 11.8. The van der Waals surface area contributed by atoms with Gasteiger partial charge in [-0.15, -0.1) is 0 Å². The van der Waals surface area contributed by atoms with Gasteiger partial charge in [-0.05, 0) is 30.0 Å². The number of Topliss-reactive ketones (excluding diaryl/α,β-unsaturated/α-hetero) is 1. The number of ether oxygens (including phenoxy) is 1. The summed E-state index contributed by atoms with van der Waals surface area (Å²) in [5.41, 5.74) is 3.46. The number of rotatable bonds is 1. The molecular formula is C14H14O4. The Kier molecular flexibility index (Phi) is 2.41. The van der Waals surface area contributed by atoms with E-state index in [9.17, 15) is 15.0 Å². The number of phenolic OH excluding ortho intramolecular Hbond substituents is 1. The third-order valence-corrected chi connectivity index (χ3v) is 3.70. The number of carbonyl (C=O) groups excluding carboxylic acids is 1. The van der Waals surface area contributed by atoms with E-state index in [2.05, 4.69) is 0 Å². The van der Waals surface area contributed by atoms with Crippen LogP contribution in [0.3, 0.4) is 0 Å². The maximum atomic E-state index is 11.8. The predicted molar refractivity (Wildman–Crippen MR) is 65.5 cm³/mol. The number of aromatic hydroxyl groups is 1. The fourth-order valence-corrected chi connectivity index (χ4v) is 2.90. The largest absolute Gasteiger partial charge is 0.508 e. The van der Waals surface area contributed by atoms with Crippen LogP contribution in [0.25, 0.3) is 5.57 Å². The average Bonchev–Trinajstić information content (AvgIpc) is 2.64. The Morgan fingerprint density at radius 2 is 2.06 bits per heavy atom. The number of benzene rings is 1. The minimum atomic E-state index is -0.917. The van der Waals surface area contributed by atoms with Gasteiger partial charge in [0.05, 0.1) is 7.11 Å². The highest BCUT2D eigenvalue weighted by atomic mass is 16.5. The number of hydrogen-bond acceptors (Lipinski definition) is 4. The molecule has 0 aliphatic heterocycles. The zero-order chi connectivity index (χ0) is 12.9. The van der Waals surface area contributed by atoms with Crippen molar-refractivity contribution in [2.24, 2.45) is 0 Å². The van der Waals surface area contributed by atoms with Crippen molar-refractivity contribution < 1.29 is 19.7 Å². The number of ketones is 1. The van der Waals surface area contributed by atoms with E-state index in [1.807, 2.05) is 0 Å². The van der Waals surface area contributed by atoms with Crippen LogP contribution >= 0.6 is 0 Å². The normalized spacial score (nSPS) is 21.9. The first kappa shape index (κ1) is 11.3. The Balaban J connectivity index is 2.22. The van der Waals surface area contributed by atoms with Crippen LogP contribution in [0.5, 0.6) is 11.5 Å². The molecule has 0 radical (unpaired) electrons. The van der Waals surface area contributed by atoms with Crippen LogP contribution in [0.4, 0.5) is 0 Å². The monoisotopic (exact) mass is 246 g/mol. The van der Waals surface area contributed by atoms with E-state index in [-0.39, 0.29) is 11.5 Å². The lowest BCUT2D eigenvalue weighted by atomic mass is 9.86. The third-order valence-electron chi connectivity index (χ3n) is 3.70. The number of aryl methyl sites for hydroxylation is 1. The van der Waals surface area contributed by atoms with E-state index in [0.717, 1.165) is 22.3 Å². The molecule has 1 atom stereocenters. The van der Waals surface area contributed by atoms with Crippen molar-refractivity contribution in [1.29, 1.82) is 0 Å². The van der Waals surface area contributed by atoms with Gasteiger partial charge in [-0.1, -0.05) is 0 Å². The van der Waals surface area contributed by atoms with Gasteiger partial charge in [0.15, 0.2) is 5.78 Å². The Hall–Kier alpha value is -1.81. The van der Waals surface area contributed by atoms with Crippen LogP contribution in [0.1, 0.15) is 24.0 Å². The van der Waals surface area contributed by atoms with Gasteiger partial charge in [0.2, 0.25) is 0 Å². The number of phenols is 1. The van der Waals surface area contributed by atoms with E-state index < -0.39 is 6.10 Å². The molecule has 1 aromatic rings. The molecular weight excluding hydrogens is 232 g/mol. The van der Waals surface area contributed by atoms with E-state index >= 15 is 0 Å². The molecule has 4 nitrogen and oxygen atoms in total. The molecule has 0 aromatic heterocycles. The minimum absolute atomic E-state index is 0.161. The summed E-state index contributed by atoms with van der Waals surface area (Å²) in [4.78, 5) is 11.8. The van der Waals surface area contributed by atoms with Gasteiger partial charge in [0, 0.05) is 23.6 Å². The van der Waals surface area contributed by atoms with Gasteiger partial charge in [-0.2, -0.15) is 0 Å². The fraction of sp³-hybridized carbons (Fsp3) is 0.357. The molecule has 0 amide bonds. The molecule has 4 heteroatoms. The SMILES string of the molecule is COc1cc(O)cc2c1C1=C(CC2)C(=O)C(O)C1. The van der Waals surface area contributed by atoms with Crippen LogP contribution in [-0.2, 0) is 11.2 Å². The third kappa shape index (κ3) is 1.46. The average molecular weight is 246 g/mol. The van der Waals surface area contributed by atoms with Crippen molar-refractivity contribution in [3.8, 4) is 11.5 Å². The molecule has 2 N–H and O–H groups in total. The number of methoxy groups -OCH3 is 1. The van der Waals surface area contributed by atoms with Crippen LogP contribution in [0.2, 0.25) is 0 Å². The summed E-state index contributed by atoms with van der Waals surface area (Å²) in [6.45, 7) is 0. The topological polar surface area (TPSA) is 66.8 Å². The predicted octanol–water partition coefficient (Wildman–Crippen LogP) is 1.43. The highest BCUT2D eigenvalue weighted by Crippen LogP contribution is 2.45. The highest BCUT2D eigenvalue weighted by molar-refractivity contribution is 6.11. The van der Waals surface area contributed by atoms with Crippen molar-refractivity contribution in [2.75, 3.05) is 7.11 Å². The number of hydrogen-bond donors (Lipinski definition) is 2. The van der Waals surface area contributed by atoms with E-state index in [1.165, 1.54) is 7.11 Å². The summed E-state index contributed by atoms with van der Waals surface area (Å²) >= 11 is 0. The number of aliphatic hydroxyl groups excluding tert-OH is 1. The van der Waals surface area contributed by atoms with Gasteiger partial charge in [-0.3, -0.25) is 4.79 Å². The molecule has 0 fully saturated rings. The first-order chi connectivity index (χ1) is 8.61. The van der Waals surface area contributed by atoms with Gasteiger partial charge < -0.3 is 14.9 Å². The molecule has 0 spiro atoms. The number of aliphatic hydroxyl groups is 1. The van der Waals surface area contributed by atoms with Crippen LogP contribution in [0, 0.1) is 0 Å². The van der Waals surface area contributed by atoms with E-state index in [0.29, 0.717) is 25.0 Å². The van der Waals surface area contributed by atoms with Crippen molar-refractivity contribution in [2.45, 2.75) is 25.4 Å². The Bertz CT molecular complexity index is 571. The standard InChI is InChI=1S/C14H14O4/c1-18-12-5-8(15)4-7-2-3-9-10(13(7)12)6-11(16)14(9)17/h4-5,11,15-16H,2-3,6H2,1H3. The Labute approximate surface area is 105 Å². The molecule has 0 saturated carbocycles. The van der Waals surface area contributed by atoms with Gasteiger partial charge in [-0.25, -0.2) is 0 Å². The first-order valence-electron chi connectivity index (χ1n) is 5.96. The summed E-state index contributed by atoms with van der Waals surface area (Å²) in [6, 6.07) is 3.25. The van der Waals surface area contributed by atoms with Crippen LogP contribution < -0.4 is 4.74 Å². The molecule has 18 heavy (non-hydrogen) atoms. The maximum Gasteiger partial charge on any atom is 0.187 e. The second-order valence-corrected chi connectivity index (χ2v) is 4.72. The Morgan fingerprint density at radius 1 is 1.28 bits per heavy atom. The van der Waals surface area contributed by atoms with Crippen molar-refractivity contribution in [1.82, 2.24) is 0 Å². The lowest BCUT2D eigenvalue weighted by Gasteiger charge is -2.20. The molecule has 1 aromatic carbocycles. The molecule has 94 valence electrons. The highest BCUT2D eigenvalue weighted by Gasteiger charge is 2.36. The fourth-order valence-electron chi connectivity index (χ4n) is 2.90. The summed E-state index contributed by atoms with van der Waals surface area (Å²) < 4.78 is 5.29. The lowest BCUT2D eigenvalue weighted by Crippen LogP contribution is -2.15. The van der Waals surface area contributed by atoms with Gasteiger partial charge >= 0.3 is 0 Å². The van der Waals surface area contributed by atoms with E-state index in [1.54, 1.807) is 12.1 Å². The first-order valence-corrected chi connectivity index (χ1v) is 5.96. The van der Waals surface area contributed by atoms with Crippen LogP contribution in [0.15, 0.2) is 17.7 Å². The molecule has 2 aliphatic carbocycles. The van der Waals surface area contributed by atoms with Gasteiger partial charge in [0.25, 0.3) is 0 Å². The van der Waals surface area contributed by atoms with Crippen molar-refractivity contribution >= 4 is 11.4 Å². The lowest BCUT2D eigenvalue weighted by molar-refractivity contribution is -0.122. The molecule has 2 aliphatic rings. The number of fused-ring (bicyclic) bond motifs is 2. The zero-order valence-corrected chi connectivity index (χ0v) is 10.1. The smallest absolute Gasteiger partial charge is 0.187 e. The number of carbonyl (C=O) groups is 1. The van der Waals surface area contributed by atoms with Crippen LogP contribution in [-0.4, -0.2) is 29.2 Å². The van der Waals surface area contributed by atoms with Crippen molar-refractivity contribution in [3.05, 3.63) is 28.8 Å². The summed E-state index contributed by atoms with van der Waals surface area (Å²) in [5, 5.41) is 19.3. The molecule has 0 saturated heterocycles. The second kappa shape index (κ2) is 3.85. The quantitative estimate of drug-likeness (QED) is 0.786. The summed E-state index contributed by atoms with van der Waals surface area (Å²) in [6.07, 6.45) is 0.754. The summed E-state index contributed by atoms with van der Waals surface area (Å²) in [7, 11) is 1.54. The second-order valence-electron chi connectivity index (χ2n) is 4.72. The molecule has 0 bridgehead atoms. The van der Waals surface area contributed by atoms with E-state index in [4.69, 9.17) is 4.74 Å². The zero-order valence-electron chi connectivity index (χ0n) is 10.1. The molecule has 1 unspecified atom stereocenters. The molecule has 3 rings (SSSR count). The minimum Gasteiger partial charge on any atom is -0.508 e.